The first-order chi connectivity index (χ1) is 12.1. The van der Waals surface area contributed by atoms with Crippen LogP contribution in [-0.4, -0.2) is 35.3 Å². The zero-order valence-electron chi connectivity index (χ0n) is 14.6. The summed E-state index contributed by atoms with van der Waals surface area (Å²) >= 11 is 0. The highest BCUT2D eigenvalue weighted by molar-refractivity contribution is 5.38. The van der Waals surface area contributed by atoms with Crippen LogP contribution in [0.3, 0.4) is 0 Å². The lowest BCUT2D eigenvalue weighted by Crippen LogP contribution is -2.46. The number of hydrogen-bond donors (Lipinski definition) is 2. The summed E-state index contributed by atoms with van der Waals surface area (Å²) in [5, 5.41) is 13.9. The third-order valence-corrected chi connectivity index (χ3v) is 4.82. The van der Waals surface area contributed by atoms with Gasteiger partial charge in [0.05, 0.1) is 6.10 Å². The van der Waals surface area contributed by atoms with Crippen LogP contribution in [0.15, 0.2) is 48.7 Å². The highest BCUT2D eigenvalue weighted by Crippen LogP contribution is 2.21. The molecule has 0 aliphatic carbocycles. The summed E-state index contributed by atoms with van der Waals surface area (Å²) in [5.74, 6) is 0.766. The van der Waals surface area contributed by atoms with Gasteiger partial charge < -0.3 is 15.3 Å². The maximum absolute atomic E-state index is 13.0. The van der Waals surface area contributed by atoms with Crippen LogP contribution in [0.2, 0.25) is 0 Å². The molecule has 2 aromatic rings. The number of anilines is 1. The van der Waals surface area contributed by atoms with Crippen molar-refractivity contribution in [2.75, 3.05) is 18.0 Å². The molecule has 1 aromatic carbocycles. The number of nitrogens with one attached hydrogen (secondary N) is 1. The first-order valence-electron chi connectivity index (χ1n) is 8.97. The van der Waals surface area contributed by atoms with Gasteiger partial charge in [0, 0.05) is 31.4 Å². The van der Waals surface area contributed by atoms with E-state index in [0.717, 1.165) is 37.3 Å². The highest BCUT2D eigenvalue weighted by atomic mass is 19.1. The van der Waals surface area contributed by atoms with Crippen molar-refractivity contribution in [2.45, 2.75) is 44.4 Å². The molecule has 0 amide bonds. The number of hydrogen-bond acceptors (Lipinski definition) is 4. The van der Waals surface area contributed by atoms with Crippen molar-refractivity contribution >= 4 is 5.82 Å². The molecule has 4 nitrogen and oxygen atoms in total. The zero-order chi connectivity index (χ0) is 17.6. The van der Waals surface area contributed by atoms with E-state index in [9.17, 15) is 9.50 Å². The molecule has 1 aliphatic heterocycles. The first-order valence-corrected chi connectivity index (χ1v) is 8.97. The van der Waals surface area contributed by atoms with Gasteiger partial charge in [0.25, 0.3) is 0 Å². The summed E-state index contributed by atoms with van der Waals surface area (Å²) in [6, 6.07) is 12.7. The maximum atomic E-state index is 13.0. The molecule has 1 fully saturated rings. The lowest BCUT2D eigenvalue weighted by molar-refractivity contribution is 0.150. The fourth-order valence-electron chi connectivity index (χ4n) is 3.44. The molecule has 1 aliphatic rings. The van der Waals surface area contributed by atoms with Gasteiger partial charge in [-0.1, -0.05) is 18.2 Å². The Morgan fingerprint density at radius 1 is 1.20 bits per heavy atom. The van der Waals surface area contributed by atoms with Crippen molar-refractivity contribution < 1.29 is 9.50 Å². The smallest absolute Gasteiger partial charge is 0.128 e. The molecule has 2 unspecified atom stereocenters. The van der Waals surface area contributed by atoms with Gasteiger partial charge in [-0.3, -0.25) is 0 Å². The lowest BCUT2D eigenvalue weighted by Gasteiger charge is -2.35. The number of pyridine rings is 1. The van der Waals surface area contributed by atoms with Gasteiger partial charge in [-0.05, 0) is 56.0 Å². The van der Waals surface area contributed by atoms with Gasteiger partial charge in [0.2, 0.25) is 0 Å². The molecular weight excluding hydrogens is 317 g/mol. The number of halogens is 1. The average molecular weight is 343 g/mol. The monoisotopic (exact) mass is 343 g/mol. The molecule has 0 spiro atoms. The number of rotatable bonds is 6. The standard InChI is InChI=1S/C20H26FN3O/c1-15(14-19(25)16-5-7-17(21)8-6-16)23-18-9-12-24(13-10-18)20-4-2-3-11-22-20/h2-8,11,15,18-19,23,25H,9-10,12-14H2,1H3. The van der Waals surface area contributed by atoms with Crippen LogP contribution >= 0.6 is 0 Å². The van der Waals surface area contributed by atoms with Gasteiger partial charge in [-0.25, -0.2) is 9.37 Å². The first kappa shape index (κ1) is 17.8. The molecule has 3 rings (SSSR count). The summed E-state index contributed by atoms with van der Waals surface area (Å²) in [7, 11) is 0. The zero-order valence-corrected chi connectivity index (χ0v) is 14.6. The van der Waals surface area contributed by atoms with Crippen molar-refractivity contribution in [3.8, 4) is 0 Å². The third kappa shape index (κ3) is 5.00. The number of benzene rings is 1. The minimum atomic E-state index is -0.572. The Balaban J connectivity index is 1.44. The van der Waals surface area contributed by atoms with E-state index in [-0.39, 0.29) is 11.9 Å². The van der Waals surface area contributed by atoms with Crippen LogP contribution in [0.25, 0.3) is 0 Å². The van der Waals surface area contributed by atoms with Gasteiger partial charge >= 0.3 is 0 Å². The van der Waals surface area contributed by atoms with Gasteiger partial charge in [-0.2, -0.15) is 0 Å². The van der Waals surface area contributed by atoms with Crippen LogP contribution in [0.5, 0.6) is 0 Å². The predicted molar refractivity (Wildman–Crippen MR) is 98.0 cm³/mol. The summed E-state index contributed by atoms with van der Waals surface area (Å²) < 4.78 is 13.0. The molecular formula is C20H26FN3O. The van der Waals surface area contributed by atoms with Crippen molar-refractivity contribution in [2.24, 2.45) is 0 Å². The Morgan fingerprint density at radius 3 is 2.56 bits per heavy atom. The van der Waals surface area contributed by atoms with E-state index in [4.69, 9.17) is 0 Å². The van der Waals surface area contributed by atoms with Crippen molar-refractivity contribution in [3.63, 3.8) is 0 Å². The molecule has 5 heteroatoms. The highest BCUT2D eigenvalue weighted by Gasteiger charge is 2.22. The molecule has 0 radical (unpaired) electrons. The van der Waals surface area contributed by atoms with Crippen LogP contribution in [0, 0.1) is 5.82 Å². The van der Waals surface area contributed by atoms with E-state index in [1.165, 1.54) is 12.1 Å². The molecule has 2 heterocycles. The van der Waals surface area contributed by atoms with Crippen LogP contribution < -0.4 is 10.2 Å². The van der Waals surface area contributed by atoms with Crippen LogP contribution in [0.4, 0.5) is 10.2 Å². The number of piperidine rings is 1. The van der Waals surface area contributed by atoms with E-state index in [1.54, 1.807) is 12.1 Å². The number of aromatic nitrogens is 1. The van der Waals surface area contributed by atoms with E-state index < -0.39 is 6.10 Å². The van der Waals surface area contributed by atoms with E-state index >= 15 is 0 Å². The van der Waals surface area contributed by atoms with Crippen LogP contribution in [0.1, 0.15) is 37.9 Å². The molecule has 2 atom stereocenters. The topological polar surface area (TPSA) is 48.4 Å². The second-order valence-electron chi connectivity index (χ2n) is 6.82. The van der Waals surface area contributed by atoms with Crippen molar-refractivity contribution in [3.05, 3.63) is 60.0 Å². The Bertz CT molecular complexity index is 642. The normalized spacial score (nSPS) is 18.1. The maximum Gasteiger partial charge on any atom is 0.128 e. The number of nitrogens with zero attached hydrogens (tertiary/aromatic N) is 2. The molecule has 25 heavy (non-hydrogen) atoms. The van der Waals surface area contributed by atoms with Gasteiger partial charge in [0.1, 0.15) is 11.6 Å². The lowest BCUT2D eigenvalue weighted by atomic mass is 9.99. The second kappa shape index (κ2) is 8.41. The van der Waals surface area contributed by atoms with E-state index in [0.29, 0.717) is 12.5 Å². The quantitative estimate of drug-likeness (QED) is 0.845. The summed E-state index contributed by atoms with van der Waals surface area (Å²) in [4.78, 5) is 6.73. The Morgan fingerprint density at radius 2 is 1.92 bits per heavy atom. The summed E-state index contributed by atoms with van der Waals surface area (Å²) in [6.45, 7) is 4.07. The van der Waals surface area contributed by atoms with E-state index in [2.05, 4.69) is 28.2 Å². The Kier molecular flexibility index (Phi) is 6.00. The molecule has 1 aromatic heterocycles. The van der Waals surface area contributed by atoms with Crippen molar-refractivity contribution in [1.82, 2.24) is 10.3 Å². The summed E-state index contributed by atoms with van der Waals surface area (Å²) in [6.07, 6.45) is 4.00. The minimum absolute atomic E-state index is 0.200. The third-order valence-electron chi connectivity index (χ3n) is 4.82. The largest absolute Gasteiger partial charge is 0.388 e. The summed E-state index contributed by atoms with van der Waals surface area (Å²) in [5.41, 5.74) is 0.764. The van der Waals surface area contributed by atoms with Gasteiger partial charge in [0.15, 0.2) is 0 Å². The number of aliphatic hydroxyl groups excluding tert-OH is 1. The minimum Gasteiger partial charge on any atom is -0.388 e. The molecule has 134 valence electrons. The van der Waals surface area contributed by atoms with Gasteiger partial charge in [-0.15, -0.1) is 0 Å². The fourth-order valence-corrected chi connectivity index (χ4v) is 3.44. The van der Waals surface area contributed by atoms with Crippen molar-refractivity contribution in [1.29, 1.82) is 0 Å². The average Bonchev–Trinajstić information content (AvgIpc) is 2.63. The Labute approximate surface area is 148 Å². The fraction of sp³-hybridized carbons (Fsp3) is 0.450. The van der Waals surface area contributed by atoms with E-state index in [1.807, 2.05) is 18.3 Å². The SMILES string of the molecule is CC(CC(O)c1ccc(F)cc1)NC1CCN(c2ccccn2)CC1. The number of aliphatic hydroxyl groups is 1. The molecule has 0 bridgehead atoms. The molecule has 1 saturated heterocycles. The van der Waals surface area contributed by atoms with Crippen LogP contribution in [-0.2, 0) is 0 Å². The predicted octanol–water partition coefficient (Wildman–Crippen LogP) is 3.29. The second-order valence-corrected chi connectivity index (χ2v) is 6.82. The Hall–Kier alpha value is -1.98. The molecule has 0 saturated carbocycles. The molecule has 2 N–H and O–H groups in total.